The zero-order chi connectivity index (χ0) is 24.4. The number of benzene rings is 2. The molecule has 0 aromatic heterocycles. The van der Waals surface area contributed by atoms with Crippen LogP contribution in [0.1, 0.15) is 98.4 Å². The average molecular weight is 473 g/mol. The first-order valence-electron chi connectivity index (χ1n) is 14.5. The van der Waals surface area contributed by atoms with E-state index in [4.69, 9.17) is 6.58 Å². The Balaban J connectivity index is 1.14. The first-order valence-corrected chi connectivity index (χ1v) is 14.5. The molecular weight excluding hydrogens is 432 g/mol. The predicted molar refractivity (Wildman–Crippen MR) is 152 cm³/mol. The summed E-state index contributed by atoms with van der Waals surface area (Å²) in [6, 6.07) is 16.4. The summed E-state index contributed by atoms with van der Waals surface area (Å²) in [4.78, 5) is 0. The summed E-state index contributed by atoms with van der Waals surface area (Å²) in [5, 5.41) is 0. The van der Waals surface area contributed by atoms with Gasteiger partial charge in [0.1, 0.15) is 0 Å². The van der Waals surface area contributed by atoms with Crippen LogP contribution in [0.3, 0.4) is 0 Å². The molecule has 7 rings (SSSR count). The largest absolute Gasteiger partial charge is 0.0949 e. The molecule has 1 unspecified atom stereocenters. The van der Waals surface area contributed by atoms with Crippen molar-refractivity contribution < 1.29 is 0 Å². The van der Waals surface area contributed by atoms with Gasteiger partial charge in [0, 0.05) is 5.92 Å². The lowest BCUT2D eigenvalue weighted by atomic mass is 9.65. The number of hydrogen-bond donors (Lipinski definition) is 0. The maximum atomic E-state index is 4.78. The topological polar surface area (TPSA) is 0 Å². The maximum Gasteiger partial charge on any atom is 0.00739 e. The van der Waals surface area contributed by atoms with Gasteiger partial charge in [-0.25, -0.2) is 0 Å². The van der Waals surface area contributed by atoms with Gasteiger partial charge in [0.25, 0.3) is 0 Å². The fourth-order valence-corrected chi connectivity index (χ4v) is 8.21. The molecule has 5 aliphatic rings. The van der Waals surface area contributed by atoms with Gasteiger partial charge in [-0.15, -0.1) is 0 Å². The second-order valence-electron chi connectivity index (χ2n) is 12.7. The van der Waals surface area contributed by atoms with Crippen LogP contribution in [0.4, 0.5) is 0 Å². The second kappa shape index (κ2) is 8.47. The smallest absolute Gasteiger partial charge is 0.00739 e. The van der Waals surface area contributed by atoms with E-state index in [0.717, 1.165) is 5.92 Å². The molecule has 2 saturated carbocycles. The molecular formula is C36H40. The molecule has 1 spiro atoms. The molecule has 5 aliphatic carbocycles. The van der Waals surface area contributed by atoms with Crippen LogP contribution in [0, 0.1) is 18.8 Å². The van der Waals surface area contributed by atoms with E-state index in [0.29, 0.717) is 17.3 Å². The van der Waals surface area contributed by atoms with Gasteiger partial charge in [0.05, 0.1) is 0 Å². The van der Waals surface area contributed by atoms with Crippen LogP contribution >= 0.6 is 0 Å². The highest BCUT2D eigenvalue weighted by atomic mass is 14.5. The molecule has 0 nitrogen and oxygen atoms in total. The van der Waals surface area contributed by atoms with Crippen molar-refractivity contribution in [2.24, 2.45) is 11.8 Å². The fraction of sp³-hybridized carbons (Fsp3) is 0.444. The molecule has 2 fully saturated rings. The monoisotopic (exact) mass is 472 g/mol. The van der Waals surface area contributed by atoms with Crippen molar-refractivity contribution in [3.05, 3.63) is 111 Å². The Labute approximate surface area is 217 Å². The Kier molecular flexibility index (Phi) is 5.32. The van der Waals surface area contributed by atoms with Crippen LogP contribution in [-0.2, 0) is 11.8 Å². The molecule has 0 N–H and O–H groups in total. The maximum absolute atomic E-state index is 4.78. The van der Waals surface area contributed by atoms with E-state index in [2.05, 4.69) is 68.5 Å². The molecule has 184 valence electrons. The van der Waals surface area contributed by atoms with Crippen LogP contribution < -0.4 is 0 Å². The highest BCUT2D eigenvalue weighted by Crippen LogP contribution is 2.54. The minimum atomic E-state index is 0.438. The molecule has 2 aromatic carbocycles. The minimum absolute atomic E-state index is 0.438. The third-order valence-corrected chi connectivity index (χ3v) is 10.3. The molecule has 1 atom stereocenters. The lowest BCUT2D eigenvalue weighted by molar-refractivity contribution is 0.252. The third-order valence-electron chi connectivity index (χ3n) is 10.3. The number of rotatable bonds is 5. The highest BCUT2D eigenvalue weighted by molar-refractivity contribution is 5.85. The zero-order valence-corrected chi connectivity index (χ0v) is 22.2. The summed E-state index contributed by atoms with van der Waals surface area (Å²) in [6.45, 7) is 9.35. The van der Waals surface area contributed by atoms with Gasteiger partial charge >= 0.3 is 0 Å². The average Bonchev–Trinajstić information content (AvgIpc) is 3.47. The summed E-state index contributed by atoms with van der Waals surface area (Å²) in [6.07, 6.45) is 18.2. The highest BCUT2D eigenvalue weighted by Gasteiger charge is 2.42. The van der Waals surface area contributed by atoms with E-state index >= 15 is 0 Å². The van der Waals surface area contributed by atoms with Crippen LogP contribution in [0.25, 0.3) is 5.57 Å². The number of aryl methyl sites for hydroxylation is 2. The second-order valence-corrected chi connectivity index (χ2v) is 12.7. The minimum Gasteiger partial charge on any atom is -0.0949 e. The summed E-state index contributed by atoms with van der Waals surface area (Å²) >= 11 is 0. The first kappa shape index (κ1) is 22.6. The standard InChI is InChI=1S/C36H40/c1-23-8-11-31-32(22-30(34(31)19-23)21-29-18-24(2)20-33(29)27-9-10-27)25(3)26-12-15-36(16-13-26)17-14-28-6-4-5-7-35(28)36/h4-8,11,18-19,22,26-27,30H,3,9-10,12-17,20-21H2,1-2H3. The van der Waals surface area contributed by atoms with Crippen LogP contribution in [-0.4, -0.2) is 0 Å². The van der Waals surface area contributed by atoms with Gasteiger partial charge < -0.3 is 0 Å². The van der Waals surface area contributed by atoms with Crippen LogP contribution in [0.15, 0.2) is 83.5 Å². The molecule has 2 aromatic rings. The summed E-state index contributed by atoms with van der Waals surface area (Å²) < 4.78 is 0. The first-order chi connectivity index (χ1) is 17.5. The normalized spacial score (nSPS) is 28.8. The molecule has 0 heterocycles. The quantitative estimate of drug-likeness (QED) is 0.406. The van der Waals surface area contributed by atoms with Crippen molar-refractivity contribution in [2.75, 3.05) is 0 Å². The van der Waals surface area contributed by atoms with Gasteiger partial charge in [-0.2, -0.15) is 0 Å². The molecule has 0 aliphatic heterocycles. The van der Waals surface area contributed by atoms with E-state index in [9.17, 15) is 0 Å². The van der Waals surface area contributed by atoms with Crippen LogP contribution in [0.5, 0.6) is 0 Å². The van der Waals surface area contributed by atoms with Crippen molar-refractivity contribution >= 4 is 5.57 Å². The van der Waals surface area contributed by atoms with E-state index in [1.54, 1.807) is 33.4 Å². The van der Waals surface area contributed by atoms with Gasteiger partial charge in [-0.05, 0) is 134 Å². The molecule has 0 radical (unpaired) electrons. The van der Waals surface area contributed by atoms with E-state index in [-0.39, 0.29) is 0 Å². The third kappa shape index (κ3) is 3.71. The molecule has 0 heteroatoms. The zero-order valence-electron chi connectivity index (χ0n) is 22.2. The Hall–Kier alpha value is -2.60. The van der Waals surface area contributed by atoms with Crippen molar-refractivity contribution in [1.29, 1.82) is 0 Å². The SMILES string of the molecule is C=C(C1=CC(CC2=C(C3CC3)CC(C)=C2)c2cc(C)ccc21)C1CCC2(CCc3ccccc32)CC1. The van der Waals surface area contributed by atoms with Crippen molar-refractivity contribution in [1.82, 2.24) is 0 Å². The Morgan fingerprint density at radius 2 is 1.78 bits per heavy atom. The number of allylic oxidation sites excluding steroid dienone is 7. The Bertz CT molecular complexity index is 1330. The van der Waals surface area contributed by atoms with Gasteiger partial charge in [0.15, 0.2) is 0 Å². The lowest BCUT2D eigenvalue weighted by Crippen LogP contribution is -2.30. The summed E-state index contributed by atoms with van der Waals surface area (Å²) in [5.41, 5.74) is 16.0. The molecule has 0 bridgehead atoms. The Morgan fingerprint density at radius 1 is 0.972 bits per heavy atom. The van der Waals surface area contributed by atoms with E-state index in [1.807, 2.05) is 0 Å². The van der Waals surface area contributed by atoms with E-state index < -0.39 is 0 Å². The van der Waals surface area contributed by atoms with Crippen LogP contribution in [0.2, 0.25) is 0 Å². The van der Waals surface area contributed by atoms with Gasteiger partial charge in [-0.3, -0.25) is 0 Å². The molecule has 0 saturated heterocycles. The Morgan fingerprint density at radius 3 is 2.58 bits per heavy atom. The van der Waals surface area contributed by atoms with Crippen molar-refractivity contribution in [2.45, 2.75) is 89.4 Å². The summed E-state index contributed by atoms with van der Waals surface area (Å²) in [5.74, 6) is 1.99. The number of fused-ring (bicyclic) bond motifs is 3. The summed E-state index contributed by atoms with van der Waals surface area (Å²) in [7, 11) is 0. The van der Waals surface area contributed by atoms with Crippen molar-refractivity contribution in [3.8, 4) is 0 Å². The molecule has 36 heavy (non-hydrogen) atoms. The molecule has 0 amide bonds. The van der Waals surface area contributed by atoms with Crippen molar-refractivity contribution in [3.63, 3.8) is 0 Å². The lowest BCUT2D eigenvalue weighted by Gasteiger charge is -2.39. The fourth-order valence-electron chi connectivity index (χ4n) is 8.21. The predicted octanol–water partition coefficient (Wildman–Crippen LogP) is 9.55. The number of hydrogen-bond acceptors (Lipinski definition) is 0. The van der Waals surface area contributed by atoms with E-state index in [1.165, 1.54) is 86.5 Å². The van der Waals surface area contributed by atoms with Gasteiger partial charge in [0.2, 0.25) is 0 Å². The van der Waals surface area contributed by atoms with Gasteiger partial charge in [-0.1, -0.05) is 77.9 Å².